The normalized spacial score (nSPS) is 11.6. The van der Waals surface area contributed by atoms with E-state index in [1.807, 2.05) is 0 Å². The van der Waals surface area contributed by atoms with Gasteiger partial charge in [-0.1, -0.05) is 5.16 Å². The Balaban J connectivity index is 3.07. The highest BCUT2D eigenvalue weighted by Gasteiger charge is 1.95. The van der Waals surface area contributed by atoms with Crippen LogP contribution >= 0.6 is 0 Å². The van der Waals surface area contributed by atoms with Crippen LogP contribution < -0.4 is 16.8 Å². The Hall–Kier alpha value is -1.30. The number of rotatable bonds is 10. The Morgan fingerprint density at radius 1 is 1.06 bits per heavy atom. The van der Waals surface area contributed by atoms with Crippen LogP contribution in [0.2, 0.25) is 0 Å². The average Bonchev–Trinajstić information content (AvgIpc) is 2.26. The Morgan fingerprint density at radius 3 is 2.12 bits per heavy atom. The predicted octanol–water partition coefficient (Wildman–Crippen LogP) is 0.148. The van der Waals surface area contributed by atoms with Crippen molar-refractivity contribution in [3.63, 3.8) is 0 Å². The summed E-state index contributed by atoms with van der Waals surface area (Å²) in [6, 6.07) is 0. The van der Waals surface area contributed by atoms with Gasteiger partial charge in [0.25, 0.3) is 0 Å². The van der Waals surface area contributed by atoms with Gasteiger partial charge in [-0.15, -0.1) is 0 Å². The smallest absolute Gasteiger partial charge is 0.217 e. The van der Waals surface area contributed by atoms with Crippen LogP contribution in [0.3, 0.4) is 0 Å². The molecule has 16 heavy (non-hydrogen) atoms. The molecule has 0 atom stereocenters. The Kier molecular flexibility index (Phi) is 9.39. The molecule has 0 unspecified atom stereocenters. The van der Waals surface area contributed by atoms with Gasteiger partial charge in [0.15, 0.2) is 0 Å². The summed E-state index contributed by atoms with van der Waals surface area (Å²) in [5, 5.41) is 14.4. The number of primary amides is 1. The lowest BCUT2D eigenvalue weighted by molar-refractivity contribution is -0.118. The van der Waals surface area contributed by atoms with Crippen LogP contribution in [0, 0.1) is 0 Å². The lowest BCUT2D eigenvalue weighted by Crippen LogP contribution is -2.18. The fourth-order valence-electron chi connectivity index (χ4n) is 1.28. The van der Waals surface area contributed by atoms with E-state index < -0.39 is 0 Å². The molecule has 0 aromatic rings. The number of nitrogens with two attached hydrogens (primary N) is 2. The molecule has 6 N–H and O–H groups in total. The molecule has 0 bridgehead atoms. The number of nitrogens with one attached hydrogen (secondary N) is 1. The van der Waals surface area contributed by atoms with Crippen molar-refractivity contribution in [2.75, 3.05) is 13.1 Å². The van der Waals surface area contributed by atoms with E-state index in [-0.39, 0.29) is 11.7 Å². The Morgan fingerprint density at radius 2 is 1.62 bits per heavy atom. The fourth-order valence-corrected chi connectivity index (χ4v) is 1.28. The van der Waals surface area contributed by atoms with Crippen molar-refractivity contribution >= 4 is 11.7 Å². The van der Waals surface area contributed by atoms with Gasteiger partial charge in [-0.25, -0.2) is 0 Å². The summed E-state index contributed by atoms with van der Waals surface area (Å²) in [5.41, 5.74) is 10.3. The maximum Gasteiger partial charge on any atom is 0.217 e. The summed E-state index contributed by atoms with van der Waals surface area (Å²) >= 11 is 0. The highest BCUT2D eigenvalue weighted by atomic mass is 16.4. The van der Waals surface area contributed by atoms with Gasteiger partial charge in [0, 0.05) is 12.8 Å². The number of nitrogens with zero attached hydrogens (tertiary/aromatic N) is 1. The van der Waals surface area contributed by atoms with Crippen molar-refractivity contribution < 1.29 is 10.0 Å². The van der Waals surface area contributed by atoms with E-state index in [1.165, 1.54) is 0 Å². The molecule has 0 aliphatic carbocycles. The third-order valence-corrected chi connectivity index (χ3v) is 2.19. The van der Waals surface area contributed by atoms with Gasteiger partial charge < -0.3 is 22.0 Å². The summed E-state index contributed by atoms with van der Waals surface area (Å²) in [5.74, 6) is 0.0419. The molecule has 0 aromatic heterocycles. The van der Waals surface area contributed by atoms with Crippen molar-refractivity contribution in [2.24, 2.45) is 16.6 Å². The topological polar surface area (TPSA) is 114 Å². The molecule has 94 valence electrons. The molecule has 0 saturated heterocycles. The van der Waals surface area contributed by atoms with E-state index in [0.717, 1.165) is 38.8 Å². The molecule has 0 rings (SSSR count). The van der Waals surface area contributed by atoms with Crippen LogP contribution in [-0.2, 0) is 4.79 Å². The van der Waals surface area contributed by atoms with Crippen molar-refractivity contribution in [1.82, 2.24) is 5.32 Å². The maximum absolute atomic E-state index is 10.4. The predicted molar refractivity (Wildman–Crippen MR) is 63.2 cm³/mol. The van der Waals surface area contributed by atoms with Gasteiger partial charge in [0.05, 0.1) is 0 Å². The SMILES string of the molecule is NC(=O)CCCCNCCCCC(N)=NO. The van der Waals surface area contributed by atoms with Crippen LogP contribution in [0.5, 0.6) is 0 Å². The molecule has 0 spiro atoms. The van der Waals surface area contributed by atoms with E-state index >= 15 is 0 Å². The number of amides is 1. The lowest BCUT2D eigenvalue weighted by Gasteiger charge is -2.03. The maximum atomic E-state index is 10.4. The average molecular weight is 230 g/mol. The minimum absolute atomic E-state index is 0.237. The molecular formula is C10H22N4O2. The first kappa shape index (κ1) is 14.7. The minimum Gasteiger partial charge on any atom is -0.409 e. The van der Waals surface area contributed by atoms with Crippen LogP contribution in [-0.4, -0.2) is 30.0 Å². The molecule has 0 fully saturated rings. The second-order valence-corrected chi connectivity index (χ2v) is 3.72. The van der Waals surface area contributed by atoms with Gasteiger partial charge in [-0.05, 0) is 38.8 Å². The van der Waals surface area contributed by atoms with Gasteiger partial charge in [-0.2, -0.15) is 0 Å². The van der Waals surface area contributed by atoms with E-state index in [9.17, 15) is 4.79 Å². The van der Waals surface area contributed by atoms with Gasteiger partial charge in [0.1, 0.15) is 5.84 Å². The first-order valence-corrected chi connectivity index (χ1v) is 5.62. The molecule has 0 aliphatic rings. The lowest BCUT2D eigenvalue weighted by atomic mass is 10.2. The summed E-state index contributed by atoms with van der Waals surface area (Å²) < 4.78 is 0. The molecule has 0 heterocycles. The zero-order chi connectivity index (χ0) is 12.2. The molecule has 6 nitrogen and oxygen atoms in total. The van der Waals surface area contributed by atoms with Crippen molar-refractivity contribution in [3.05, 3.63) is 0 Å². The van der Waals surface area contributed by atoms with Crippen LogP contribution in [0.25, 0.3) is 0 Å². The van der Waals surface area contributed by atoms with Crippen LogP contribution in [0.15, 0.2) is 5.16 Å². The van der Waals surface area contributed by atoms with E-state index in [1.54, 1.807) is 0 Å². The van der Waals surface area contributed by atoms with Gasteiger partial charge in [-0.3, -0.25) is 4.79 Å². The Labute approximate surface area is 96.1 Å². The van der Waals surface area contributed by atoms with Crippen LogP contribution in [0.4, 0.5) is 0 Å². The summed E-state index contributed by atoms with van der Waals surface area (Å²) in [4.78, 5) is 10.4. The zero-order valence-electron chi connectivity index (χ0n) is 9.61. The standard InChI is InChI=1S/C10H22N4O2/c11-9(14-16)5-1-3-7-13-8-4-2-6-10(12)15/h13,16H,1-8H2,(H2,11,14)(H2,12,15). The van der Waals surface area contributed by atoms with Crippen molar-refractivity contribution in [1.29, 1.82) is 0 Å². The molecular weight excluding hydrogens is 208 g/mol. The van der Waals surface area contributed by atoms with Crippen molar-refractivity contribution in [3.8, 4) is 0 Å². The molecule has 0 radical (unpaired) electrons. The summed E-state index contributed by atoms with van der Waals surface area (Å²) in [6.45, 7) is 1.81. The molecule has 0 aliphatic heterocycles. The molecule has 6 heteroatoms. The number of oxime groups is 1. The number of amidine groups is 1. The number of carbonyl (C=O) groups is 1. The molecule has 0 aromatic carbocycles. The Bertz CT molecular complexity index is 219. The number of hydrogen-bond donors (Lipinski definition) is 4. The quantitative estimate of drug-likeness (QED) is 0.141. The number of unbranched alkanes of at least 4 members (excludes halogenated alkanes) is 2. The number of carbonyl (C=O) groups excluding carboxylic acids is 1. The third kappa shape index (κ3) is 10.8. The van der Waals surface area contributed by atoms with Gasteiger partial charge in [0.2, 0.25) is 5.91 Å². The second kappa shape index (κ2) is 10.2. The monoisotopic (exact) mass is 230 g/mol. The zero-order valence-corrected chi connectivity index (χ0v) is 9.61. The largest absolute Gasteiger partial charge is 0.409 e. The fraction of sp³-hybridized carbons (Fsp3) is 0.800. The van der Waals surface area contributed by atoms with Gasteiger partial charge >= 0.3 is 0 Å². The van der Waals surface area contributed by atoms with E-state index in [0.29, 0.717) is 12.8 Å². The summed E-state index contributed by atoms with van der Waals surface area (Å²) in [6.07, 6.45) is 4.79. The van der Waals surface area contributed by atoms with Crippen molar-refractivity contribution in [2.45, 2.75) is 38.5 Å². The third-order valence-electron chi connectivity index (χ3n) is 2.19. The van der Waals surface area contributed by atoms with E-state index in [2.05, 4.69) is 10.5 Å². The van der Waals surface area contributed by atoms with Crippen LogP contribution in [0.1, 0.15) is 38.5 Å². The molecule has 1 amide bonds. The first-order valence-electron chi connectivity index (χ1n) is 5.62. The highest BCUT2D eigenvalue weighted by molar-refractivity contribution is 5.79. The summed E-state index contributed by atoms with van der Waals surface area (Å²) in [7, 11) is 0. The first-order chi connectivity index (χ1) is 7.66. The minimum atomic E-state index is -0.237. The highest BCUT2D eigenvalue weighted by Crippen LogP contribution is 1.95. The van der Waals surface area contributed by atoms with E-state index in [4.69, 9.17) is 16.7 Å². The number of hydrogen-bond acceptors (Lipinski definition) is 4. The molecule has 0 saturated carbocycles. The second-order valence-electron chi connectivity index (χ2n) is 3.72.